The van der Waals surface area contributed by atoms with Gasteiger partial charge in [-0.05, 0) is 50.2 Å². The van der Waals surface area contributed by atoms with Gasteiger partial charge in [0.25, 0.3) is 0 Å². The van der Waals surface area contributed by atoms with E-state index in [1.807, 2.05) is 6.21 Å². The summed E-state index contributed by atoms with van der Waals surface area (Å²) in [5.74, 6) is 0. The van der Waals surface area contributed by atoms with Crippen molar-refractivity contribution in [1.29, 1.82) is 0 Å². The Labute approximate surface area is 210 Å². The van der Waals surface area contributed by atoms with Crippen LogP contribution in [0, 0.1) is 0 Å². The van der Waals surface area contributed by atoms with Crippen molar-refractivity contribution in [3.05, 3.63) is 29.8 Å². The Morgan fingerprint density at radius 2 is 1.24 bits per heavy atom. The molecule has 0 saturated heterocycles. The Balaban J connectivity index is 1.95. The first-order chi connectivity index (χ1) is 16.2. The minimum Gasteiger partial charge on any atom is -0.372 e. The highest BCUT2D eigenvalue weighted by Gasteiger charge is 2.00. The van der Waals surface area contributed by atoms with Gasteiger partial charge in [-0.2, -0.15) is 5.10 Å². The summed E-state index contributed by atoms with van der Waals surface area (Å²) in [6.07, 6.45) is 21.2. The molecule has 4 nitrogen and oxygen atoms in total. The maximum absolute atomic E-state index is 5.31. The fourth-order valence-electron chi connectivity index (χ4n) is 4.09. The second kappa shape index (κ2) is 20.9. The summed E-state index contributed by atoms with van der Waals surface area (Å²) >= 11 is 5.31. The van der Waals surface area contributed by atoms with E-state index >= 15 is 0 Å². The molecule has 0 fully saturated rings. The van der Waals surface area contributed by atoms with Gasteiger partial charge in [-0.25, -0.2) is 0 Å². The molecule has 0 spiro atoms. The zero-order chi connectivity index (χ0) is 24.0. The second-order valence-corrected chi connectivity index (χ2v) is 9.39. The molecule has 1 aromatic carbocycles. The maximum Gasteiger partial charge on any atom is 0.186 e. The third kappa shape index (κ3) is 15.8. The summed E-state index contributed by atoms with van der Waals surface area (Å²) in [7, 11) is 0. The van der Waals surface area contributed by atoms with E-state index in [1.165, 1.54) is 89.2 Å². The van der Waals surface area contributed by atoms with Crippen molar-refractivity contribution in [2.24, 2.45) is 5.10 Å². The monoisotopic (exact) mass is 474 g/mol. The topological polar surface area (TPSA) is 39.7 Å². The van der Waals surface area contributed by atoms with Crippen molar-refractivity contribution < 1.29 is 0 Å². The lowest BCUT2D eigenvalue weighted by atomic mass is 10.0. The van der Waals surface area contributed by atoms with Crippen molar-refractivity contribution in [3.8, 4) is 0 Å². The van der Waals surface area contributed by atoms with Gasteiger partial charge in [0.15, 0.2) is 5.11 Å². The SMILES string of the molecule is CCCCCCCCCCCCCCCCNC(=S)N/N=C/c1ccc(N(CC)CC)cc1. The number of nitrogens with one attached hydrogen (secondary N) is 2. The average Bonchev–Trinajstić information content (AvgIpc) is 2.83. The molecular formula is C28H50N4S. The Kier molecular flexibility index (Phi) is 18.7. The summed E-state index contributed by atoms with van der Waals surface area (Å²) < 4.78 is 0. The number of hydrogen-bond donors (Lipinski definition) is 2. The fraction of sp³-hybridized carbons (Fsp3) is 0.714. The third-order valence-corrected chi connectivity index (χ3v) is 6.45. The van der Waals surface area contributed by atoms with E-state index in [0.717, 1.165) is 31.6 Å². The first-order valence-corrected chi connectivity index (χ1v) is 14.0. The molecule has 33 heavy (non-hydrogen) atoms. The van der Waals surface area contributed by atoms with Crippen LogP contribution < -0.4 is 15.6 Å². The van der Waals surface area contributed by atoms with Crippen molar-refractivity contribution in [3.63, 3.8) is 0 Å². The van der Waals surface area contributed by atoms with Crippen LogP contribution in [0.5, 0.6) is 0 Å². The van der Waals surface area contributed by atoms with Crippen LogP contribution in [-0.4, -0.2) is 31.0 Å². The van der Waals surface area contributed by atoms with Crippen LogP contribution in [0.3, 0.4) is 0 Å². The van der Waals surface area contributed by atoms with Crippen LogP contribution in [-0.2, 0) is 0 Å². The zero-order valence-electron chi connectivity index (χ0n) is 21.7. The number of unbranched alkanes of at least 4 members (excludes halogenated alkanes) is 13. The standard InChI is InChI=1S/C28H50N4S/c1-4-7-8-9-10-11-12-13-14-15-16-17-18-19-24-29-28(33)31-30-25-26-20-22-27(23-21-26)32(5-2)6-3/h20-23,25H,4-19,24H2,1-3H3,(H2,29,31,33)/b30-25+. The normalized spacial score (nSPS) is 11.1. The van der Waals surface area contributed by atoms with Gasteiger partial charge in [0.2, 0.25) is 0 Å². The number of hydrogen-bond acceptors (Lipinski definition) is 3. The lowest BCUT2D eigenvalue weighted by Crippen LogP contribution is -2.32. The van der Waals surface area contributed by atoms with E-state index in [1.54, 1.807) is 0 Å². The van der Waals surface area contributed by atoms with Gasteiger partial charge in [-0.15, -0.1) is 0 Å². The third-order valence-electron chi connectivity index (χ3n) is 6.22. The Morgan fingerprint density at radius 1 is 0.758 bits per heavy atom. The van der Waals surface area contributed by atoms with Gasteiger partial charge in [0, 0.05) is 25.3 Å². The Morgan fingerprint density at radius 3 is 1.73 bits per heavy atom. The molecule has 0 aliphatic rings. The molecule has 0 bridgehead atoms. The van der Waals surface area contributed by atoms with Crippen LogP contribution in [0.2, 0.25) is 0 Å². The van der Waals surface area contributed by atoms with Gasteiger partial charge in [0.05, 0.1) is 6.21 Å². The molecule has 1 aromatic rings. The number of rotatable bonds is 20. The zero-order valence-corrected chi connectivity index (χ0v) is 22.5. The molecule has 0 amide bonds. The second-order valence-electron chi connectivity index (χ2n) is 8.99. The van der Waals surface area contributed by atoms with Crippen LogP contribution in [0.4, 0.5) is 5.69 Å². The lowest BCUT2D eigenvalue weighted by Gasteiger charge is -2.20. The highest BCUT2D eigenvalue weighted by molar-refractivity contribution is 7.80. The van der Waals surface area contributed by atoms with Crippen LogP contribution in [0.1, 0.15) is 116 Å². The van der Waals surface area contributed by atoms with Gasteiger partial charge in [-0.1, -0.05) is 103 Å². The molecule has 1 rings (SSSR count). The molecule has 0 radical (unpaired) electrons. The quantitative estimate of drug-likeness (QED) is 0.0874. The summed E-state index contributed by atoms with van der Waals surface area (Å²) in [6, 6.07) is 8.45. The molecule has 0 heterocycles. The largest absolute Gasteiger partial charge is 0.372 e. The highest BCUT2D eigenvalue weighted by Crippen LogP contribution is 2.14. The first kappa shape index (κ1) is 29.4. The molecule has 188 valence electrons. The van der Waals surface area contributed by atoms with E-state index in [9.17, 15) is 0 Å². The molecule has 2 N–H and O–H groups in total. The van der Waals surface area contributed by atoms with Crippen LogP contribution >= 0.6 is 12.2 Å². The van der Waals surface area contributed by atoms with E-state index in [4.69, 9.17) is 12.2 Å². The Bertz CT molecular complexity index is 611. The van der Waals surface area contributed by atoms with Crippen molar-refractivity contribution >= 4 is 29.2 Å². The number of anilines is 1. The first-order valence-electron chi connectivity index (χ1n) is 13.6. The molecule has 0 saturated carbocycles. The highest BCUT2D eigenvalue weighted by atomic mass is 32.1. The molecule has 0 aromatic heterocycles. The van der Waals surface area contributed by atoms with Crippen LogP contribution in [0.25, 0.3) is 0 Å². The van der Waals surface area contributed by atoms with Gasteiger partial charge >= 0.3 is 0 Å². The van der Waals surface area contributed by atoms with Crippen LogP contribution in [0.15, 0.2) is 29.4 Å². The predicted octanol–water partition coefficient (Wildman–Crippen LogP) is 7.81. The van der Waals surface area contributed by atoms with E-state index in [0.29, 0.717) is 5.11 Å². The molecular weight excluding hydrogens is 424 g/mol. The van der Waals surface area contributed by atoms with Gasteiger partial charge in [0.1, 0.15) is 0 Å². The fourth-order valence-corrected chi connectivity index (χ4v) is 4.24. The van der Waals surface area contributed by atoms with Gasteiger partial charge < -0.3 is 10.2 Å². The summed E-state index contributed by atoms with van der Waals surface area (Å²) in [5, 5.41) is 8.10. The minimum atomic E-state index is 0.598. The number of thiocarbonyl (C=S) groups is 1. The van der Waals surface area contributed by atoms with Crippen molar-refractivity contribution in [2.45, 2.75) is 111 Å². The minimum absolute atomic E-state index is 0.598. The predicted molar refractivity (Wildman–Crippen MR) is 152 cm³/mol. The molecule has 0 atom stereocenters. The van der Waals surface area contributed by atoms with Crippen molar-refractivity contribution in [1.82, 2.24) is 10.7 Å². The molecule has 0 aliphatic carbocycles. The van der Waals surface area contributed by atoms with E-state index in [-0.39, 0.29) is 0 Å². The summed E-state index contributed by atoms with van der Waals surface area (Å²) in [5.41, 5.74) is 5.23. The number of nitrogens with zero attached hydrogens (tertiary/aromatic N) is 2. The molecule has 5 heteroatoms. The lowest BCUT2D eigenvalue weighted by molar-refractivity contribution is 0.535. The molecule has 0 aliphatic heterocycles. The maximum atomic E-state index is 5.31. The van der Waals surface area contributed by atoms with Crippen molar-refractivity contribution in [2.75, 3.05) is 24.5 Å². The molecule has 0 unspecified atom stereocenters. The summed E-state index contributed by atoms with van der Waals surface area (Å²) in [6.45, 7) is 9.59. The number of benzene rings is 1. The van der Waals surface area contributed by atoms with E-state index < -0.39 is 0 Å². The van der Waals surface area contributed by atoms with Gasteiger partial charge in [-0.3, -0.25) is 5.43 Å². The Hall–Kier alpha value is -1.62. The summed E-state index contributed by atoms with van der Waals surface area (Å²) in [4.78, 5) is 2.33. The average molecular weight is 475 g/mol. The number of hydrazone groups is 1. The van der Waals surface area contributed by atoms with E-state index in [2.05, 4.69) is 65.8 Å². The smallest absolute Gasteiger partial charge is 0.186 e.